The largest absolute Gasteiger partial charge is 0.398 e. The van der Waals surface area contributed by atoms with Crippen molar-refractivity contribution < 1.29 is 4.39 Å². The summed E-state index contributed by atoms with van der Waals surface area (Å²) in [6.45, 7) is 0. The van der Waals surface area contributed by atoms with Crippen molar-refractivity contribution in [3.8, 4) is 11.1 Å². The van der Waals surface area contributed by atoms with Crippen molar-refractivity contribution in [2.24, 2.45) is 0 Å². The van der Waals surface area contributed by atoms with Gasteiger partial charge in [-0.15, -0.1) is 11.3 Å². The summed E-state index contributed by atoms with van der Waals surface area (Å²) < 4.78 is 13.5. The second-order valence-corrected chi connectivity index (χ2v) is 3.99. The highest BCUT2D eigenvalue weighted by atomic mass is 35.5. The van der Waals surface area contributed by atoms with Gasteiger partial charge in [-0.3, -0.25) is 0 Å². The molecule has 4 heteroatoms. The van der Waals surface area contributed by atoms with E-state index in [0.717, 1.165) is 0 Å². The van der Waals surface area contributed by atoms with Gasteiger partial charge in [0.1, 0.15) is 5.82 Å². The quantitative estimate of drug-likeness (QED) is 0.788. The minimum absolute atomic E-state index is 0.345. The molecule has 0 bridgehead atoms. The van der Waals surface area contributed by atoms with E-state index in [0.29, 0.717) is 21.8 Å². The molecule has 2 rings (SSSR count). The van der Waals surface area contributed by atoms with Gasteiger partial charge in [0.25, 0.3) is 0 Å². The number of anilines is 1. The normalized spacial score (nSPS) is 10.4. The Kier molecular flexibility index (Phi) is 2.44. The topological polar surface area (TPSA) is 26.0 Å². The van der Waals surface area contributed by atoms with Gasteiger partial charge in [-0.1, -0.05) is 17.7 Å². The van der Waals surface area contributed by atoms with Crippen LogP contribution in [0.15, 0.2) is 29.0 Å². The number of nitrogen functional groups attached to an aromatic ring is 1. The Morgan fingerprint density at radius 2 is 2.07 bits per heavy atom. The summed E-state index contributed by atoms with van der Waals surface area (Å²) in [5, 5.41) is 3.94. The number of halogens is 2. The van der Waals surface area contributed by atoms with Gasteiger partial charge < -0.3 is 5.73 Å². The highest BCUT2D eigenvalue weighted by Crippen LogP contribution is 2.36. The lowest BCUT2D eigenvalue weighted by Gasteiger charge is -2.04. The van der Waals surface area contributed by atoms with Crippen LogP contribution < -0.4 is 5.73 Å². The zero-order chi connectivity index (χ0) is 10.1. The molecule has 0 fully saturated rings. The predicted octanol–water partition coefficient (Wildman–Crippen LogP) is 3.79. The molecule has 0 atom stereocenters. The van der Waals surface area contributed by atoms with E-state index < -0.39 is 0 Å². The van der Waals surface area contributed by atoms with E-state index in [2.05, 4.69) is 0 Å². The molecule has 2 N–H and O–H groups in total. The maximum atomic E-state index is 13.5. The number of hydrogen-bond donors (Lipinski definition) is 1. The summed E-state index contributed by atoms with van der Waals surface area (Å²) in [6, 6.07) is 4.60. The van der Waals surface area contributed by atoms with Gasteiger partial charge in [-0.05, 0) is 12.1 Å². The maximum Gasteiger partial charge on any atom is 0.132 e. The van der Waals surface area contributed by atoms with Crippen LogP contribution in [-0.2, 0) is 0 Å². The molecule has 1 nitrogen and oxygen atoms in total. The fourth-order valence-electron chi connectivity index (χ4n) is 1.27. The number of nitrogens with two attached hydrogens (primary N) is 1. The first-order valence-corrected chi connectivity index (χ1v) is 5.28. The molecule has 0 aliphatic heterocycles. The summed E-state index contributed by atoms with van der Waals surface area (Å²) in [5.74, 6) is -0.345. The van der Waals surface area contributed by atoms with E-state index in [1.165, 1.54) is 17.4 Å². The monoisotopic (exact) mass is 227 g/mol. The Balaban J connectivity index is 2.68. The number of hydrogen-bond acceptors (Lipinski definition) is 2. The highest BCUT2D eigenvalue weighted by Gasteiger charge is 2.12. The van der Waals surface area contributed by atoms with Crippen molar-refractivity contribution in [1.29, 1.82) is 0 Å². The van der Waals surface area contributed by atoms with Crippen molar-refractivity contribution in [2.75, 3.05) is 5.73 Å². The molecule has 1 heterocycles. The average Bonchev–Trinajstić information content (AvgIpc) is 2.52. The third-order valence-corrected chi connectivity index (χ3v) is 3.00. The lowest BCUT2D eigenvalue weighted by atomic mass is 10.1. The van der Waals surface area contributed by atoms with Crippen LogP contribution in [0.5, 0.6) is 0 Å². The van der Waals surface area contributed by atoms with Gasteiger partial charge in [-0.25, -0.2) is 4.39 Å². The van der Waals surface area contributed by atoms with Crippen LogP contribution in [0.3, 0.4) is 0 Å². The lowest BCUT2D eigenvalue weighted by molar-refractivity contribution is 0.631. The number of benzene rings is 1. The third kappa shape index (κ3) is 1.49. The molecule has 0 saturated heterocycles. The van der Waals surface area contributed by atoms with Crippen molar-refractivity contribution in [3.05, 3.63) is 39.8 Å². The molecule has 14 heavy (non-hydrogen) atoms. The fourth-order valence-corrected chi connectivity index (χ4v) is 2.26. The Morgan fingerprint density at radius 3 is 2.64 bits per heavy atom. The van der Waals surface area contributed by atoms with Crippen molar-refractivity contribution in [1.82, 2.24) is 0 Å². The Bertz CT molecular complexity index is 447. The van der Waals surface area contributed by atoms with Gasteiger partial charge in [0, 0.05) is 21.9 Å². The summed E-state index contributed by atoms with van der Waals surface area (Å²) in [7, 11) is 0. The minimum atomic E-state index is -0.345. The Hall–Kier alpha value is -1.06. The van der Waals surface area contributed by atoms with Gasteiger partial charge in [0.15, 0.2) is 0 Å². The van der Waals surface area contributed by atoms with Gasteiger partial charge in [-0.2, -0.15) is 0 Å². The molecular weight excluding hydrogens is 221 g/mol. The van der Waals surface area contributed by atoms with E-state index in [-0.39, 0.29) is 5.82 Å². The summed E-state index contributed by atoms with van der Waals surface area (Å²) in [5.41, 5.74) is 7.30. The molecule has 1 aromatic heterocycles. The van der Waals surface area contributed by atoms with Crippen LogP contribution >= 0.6 is 22.9 Å². The second-order valence-electron chi connectivity index (χ2n) is 2.84. The van der Waals surface area contributed by atoms with Crippen molar-refractivity contribution in [2.45, 2.75) is 0 Å². The first-order chi connectivity index (χ1) is 6.70. The van der Waals surface area contributed by atoms with Crippen LogP contribution in [0.25, 0.3) is 11.1 Å². The first kappa shape index (κ1) is 9.49. The standard InChI is InChI=1S/C10H7ClFNS/c11-7-2-1-3-8(12)10(7)6-4-14-5-9(6)13/h1-5H,13H2. The first-order valence-electron chi connectivity index (χ1n) is 3.96. The van der Waals surface area contributed by atoms with Crippen LogP contribution in [0.2, 0.25) is 5.02 Å². The maximum absolute atomic E-state index is 13.5. The summed E-state index contributed by atoms with van der Waals surface area (Å²) in [4.78, 5) is 0. The van der Waals surface area contributed by atoms with Gasteiger partial charge in [0.05, 0.1) is 10.7 Å². The number of rotatable bonds is 1. The lowest BCUT2D eigenvalue weighted by Crippen LogP contribution is -1.89. The van der Waals surface area contributed by atoms with Crippen LogP contribution in [0.1, 0.15) is 0 Å². The Labute approximate surface area is 89.9 Å². The van der Waals surface area contributed by atoms with Crippen molar-refractivity contribution >= 4 is 28.6 Å². The molecule has 0 radical (unpaired) electrons. The molecule has 0 spiro atoms. The fraction of sp³-hybridized carbons (Fsp3) is 0. The minimum Gasteiger partial charge on any atom is -0.398 e. The van der Waals surface area contributed by atoms with E-state index in [1.807, 2.05) is 0 Å². The van der Waals surface area contributed by atoms with Gasteiger partial charge in [0.2, 0.25) is 0 Å². The number of thiophene rings is 1. The van der Waals surface area contributed by atoms with E-state index >= 15 is 0 Å². The van der Waals surface area contributed by atoms with Crippen LogP contribution in [0.4, 0.5) is 10.1 Å². The molecule has 0 aliphatic rings. The predicted molar refractivity (Wildman–Crippen MR) is 59.1 cm³/mol. The molecule has 0 saturated carbocycles. The van der Waals surface area contributed by atoms with Crippen molar-refractivity contribution in [3.63, 3.8) is 0 Å². The van der Waals surface area contributed by atoms with E-state index in [9.17, 15) is 4.39 Å². The zero-order valence-electron chi connectivity index (χ0n) is 7.13. The van der Waals surface area contributed by atoms with E-state index in [1.54, 1.807) is 22.9 Å². The van der Waals surface area contributed by atoms with Gasteiger partial charge >= 0.3 is 0 Å². The molecule has 1 aromatic carbocycles. The second kappa shape index (κ2) is 3.59. The molecule has 2 aromatic rings. The molecular formula is C10H7ClFNS. The molecule has 0 amide bonds. The zero-order valence-corrected chi connectivity index (χ0v) is 8.70. The molecule has 0 unspecified atom stereocenters. The SMILES string of the molecule is Nc1cscc1-c1c(F)cccc1Cl. The Morgan fingerprint density at radius 1 is 1.29 bits per heavy atom. The third-order valence-electron chi connectivity index (χ3n) is 1.92. The van der Waals surface area contributed by atoms with E-state index in [4.69, 9.17) is 17.3 Å². The molecule has 0 aliphatic carbocycles. The average molecular weight is 228 g/mol. The highest BCUT2D eigenvalue weighted by molar-refractivity contribution is 7.08. The van der Waals surface area contributed by atoms with Crippen LogP contribution in [0, 0.1) is 5.82 Å². The smallest absolute Gasteiger partial charge is 0.132 e. The molecule has 72 valence electrons. The summed E-state index contributed by atoms with van der Waals surface area (Å²) >= 11 is 7.33. The van der Waals surface area contributed by atoms with Crippen LogP contribution in [-0.4, -0.2) is 0 Å². The summed E-state index contributed by atoms with van der Waals surface area (Å²) in [6.07, 6.45) is 0.